The molecular formula is C77H76N18O6. The number of rotatable bonds is 15. The largest absolute Gasteiger partial charge is 0.457 e. The molecule has 0 bridgehead atoms. The van der Waals surface area contributed by atoms with Crippen molar-refractivity contribution in [1.29, 1.82) is 0 Å². The molecule has 8 heterocycles. The number of aromatic nitrogens is 12. The van der Waals surface area contributed by atoms with Gasteiger partial charge in [-0.15, -0.1) is 6.42 Å². The Hall–Kier alpha value is -12.8. The number of nitrogen functional groups attached to an aromatic ring is 3. The normalized spacial score (nSPS) is 15.9. The van der Waals surface area contributed by atoms with Gasteiger partial charge in [-0.1, -0.05) is 75.2 Å². The van der Waals surface area contributed by atoms with Crippen LogP contribution in [0.4, 0.5) is 17.5 Å². The van der Waals surface area contributed by atoms with Crippen LogP contribution in [0.25, 0.3) is 66.9 Å². The molecule has 1 unspecified atom stereocenters. The van der Waals surface area contributed by atoms with E-state index in [2.05, 4.69) is 54.3 Å². The number of piperidine rings is 2. The summed E-state index contributed by atoms with van der Waals surface area (Å²) in [6.07, 6.45) is 19.1. The van der Waals surface area contributed by atoms with E-state index < -0.39 is 0 Å². The van der Waals surface area contributed by atoms with Crippen molar-refractivity contribution in [3.8, 4) is 80.6 Å². The second kappa shape index (κ2) is 31.2. The fourth-order valence-electron chi connectivity index (χ4n) is 12.9. The van der Waals surface area contributed by atoms with E-state index in [1.165, 1.54) is 31.1 Å². The van der Waals surface area contributed by atoms with Gasteiger partial charge in [0.25, 0.3) is 5.91 Å². The number of amides is 3. The highest BCUT2D eigenvalue weighted by atomic mass is 16.5. The minimum Gasteiger partial charge on any atom is -0.457 e. The van der Waals surface area contributed by atoms with Gasteiger partial charge < -0.3 is 46.5 Å². The van der Waals surface area contributed by atoms with E-state index >= 15 is 0 Å². The number of hydrogen-bond donors (Lipinski definition) is 4. The van der Waals surface area contributed by atoms with Crippen LogP contribution < -0.4 is 36.7 Å². The number of anilines is 3. The van der Waals surface area contributed by atoms with Gasteiger partial charge in [-0.05, 0) is 179 Å². The summed E-state index contributed by atoms with van der Waals surface area (Å²) < 4.78 is 23.5. The number of nitrogens with one attached hydrogen (secondary N) is 1. The van der Waals surface area contributed by atoms with Crippen molar-refractivity contribution in [2.24, 2.45) is 0 Å². The van der Waals surface area contributed by atoms with Crippen molar-refractivity contribution in [2.75, 3.05) is 43.4 Å². The van der Waals surface area contributed by atoms with E-state index in [0.717, 1.165) is 125 Å². The molecule has 101 heavy (non-hydrogen) atoms. The lowest BCUT2D eigenvalue weighted by atomic mass is 9.91. The van der Waals surface area contributed by atoms with Crippen molar-refractivity contribution >= 4 is 68.3 Å². The molecule has 0 spiro atoms. The van der Waals surface area contributed by atoms with Gasteiger partial charge in [0.2, 0.25) is 11.8 Å². The summed E-state index contributed by atoms with van der Waals surface area (Å²) in [5.41, 5.74) is 25.7. The molecule has 6 aromatic carbocycles. The molecular weight excluding hydrogens is 1270 g/mol. The first-order valence-electron chi connectivity index (χ1n) is 33.0. The van der Waals surface area contributed by atoms with Gasteiger partial charge in [-0.3, -0.25) is 14.4 Å². The lowest BCUT2D eigenvalue weighted by Gasteiger charge is -2.31. The van der Waals surface area contributed by atoms with Crippen LogP contribution in [-0.4, -0.2) is 119 Å². The first-order chi connectivity index (χ1) is 48.9. The Labute approximate surface area is 583 Å². The molecule has 0 radical (unpaired) electrons. The highest BCUT2D eigenvalue weighted by molar-refractivity contribution is 6.00. The van der Waals surface area contributed by atoms with Gasteiger partial charge in [-0.2, -0.15) is 15.3 Å². The molecule has 1 saturated carbocycles. The van der Waals surface area contributed by atoms with Gasteiger partial charge in [0, 0.05) is 48.9 Å². The highest BCUT2D eigenvalue weighted by Crippen LogP contribution is 2.40. The number of likely N-dealkylation sites (tertiary alicyclic amines) is 2. The molecule has 7 N–H and O–H groups in total. The minimum atomic E-state index is -0.306. The van der Waals surface area contributed by atoms with Crippen molar-refractivity contribution in [3.05, 3.63) is 208 Å². The number of terminal acetylenes is 1. The molecule has 6 aromatic heterocycles. The van der Waals surface area contributed by atoms with Crippen LogP contribution >= 0.6 is 0 Å². The van der Waals surface area contributed by atoms with Gasteiger partial charge >= 0.3 is 0 Å². The Balaban J connectivity index is 0.000000143. The molecule has 1 atom stereocenters. The number of benzene rings is 6. The smallest absolute Gasteiger partial charge is 0.298 e. The van der Waals surface area contributed by atoms with Gasteiger partial charge in [0.05, 0.1) is 34.3 Å². The summed E-state index contributed by atoms with van der Waals surface area (Å²) in [6.45, 7) is 9.54. The van der Waals surface area contributed by atoms with Crippen LogP contribution in [0.5, 0.6) is 34.5 Å². The maximum absolute atomic E-state index is 12.1. The summed E-state index contributed by atoms with van der Waals surface area (Å²) in [5.74, 6) is 7.40. The SMILES string of the molecule is C.C#CC(=O)N1CCCC(n2nc(-c3ccc(Oc4ccccc4)cc3)c3c(N)ncnc32)C1.C=CC(=O)N1CCC(n2nc(-c3ccc(Oc4ccccc4)cc3)c3c(N)ncnc32)CC1.C=CC(=O)NC1CCC(n2nc(-c3ccc(Oc4ccccc4)cc3)c3c(N)ncnc32)CC1. The molecule has 3 amide bonds. The van der Waals surface area contributed by atoms with E-state index in [-0.39, 0.29) is 49.3 Å². The van der Waals surface area contributed by atoms with Crippen molar-refractivity contribution in [3.63, 3.8) is 0 Å². The third-order valence-corrected chi connectivity index (χ3v) is 17.9. The lowest BCUT2D eigenvalue weighted by molar-refractivity contribution is -0.127. The summed E-state index contributed by atoms with van der Waals surface area (Å²) in [7, 11) is 0. The van der Waals surface area contributed by atoms with E-state index in [4.69, 9.17) is 53.1 Å². The zero-order valence-electron chi connectivity index (χ0n) is 54.7. The molecule has 12 aromatic rings. The lowest BCUT2D eigenvalue weighted by Crippen LogP contribution is -2.40. The average molecular weight is 1350 g/mol. The zero-order chi connectivity index (χ0) is 69.1. The van der Waals surface area contributed by atoms with Crippen LogP contribution in [0.15, 0.2) is 208 Å². The topological polar surface area (TPSA) is 306 Å². The van der Waals surface area contributed by atoms with Crippen LogP contribution in [0.1, 0.15) is 76.9 Å². The van der Waals surface area contributed by atoms with E-state index in [1.54, 1.807) is 4.90 Å². The maximum atomic E-state index is 12.1. The second-order valence-electron chi connectivity index (χ2n) is 24.2. The zero-order valence-corrected chi connectivity index (χ0v) is 54.7. The monoisotopic (exact) mass is 1350 g/mol. The van der Waals surface area contributed by atoms with Gasteiger partial charge in [-0.25, -0.2) is 43.9 Å². The van der Waals surface area contributed by atoms with E-state index in [1.807, 2.05) is 183 Å². The summed E-state index contributed by atoms with van der Waals surface area (Å²) in [5, 5.41) is 19.9. The van der Waals surface area contributed by atoms with Crippen molar-refractivity contribution < 1.29 is 28.6 Å². The van der Waals surface area contributed by atoms with Crippen LogP contribution in [-0.2, 0) is 14.4 Å². The maximum Gasteiger partial charge on any atom is 0.298 e. The Morgan fingerprint density at radius 3 is 1.19 bits per heavy atom. The molecule has 2 aliphatic heterocycles. The molecule has 510 valence electrons. The quantitative estimate of drug-likeness (QED) is 0.0547. The number of nitrogens with two attached hydrogens (primary N) is 3. The summed E-state index contributed by atoms with van der Waals surface area (Å²) in [6, 6.07) is 52.4. The first-order valence-corrected chi connectivity index (χ1v) is 33.0. The van der Waals surface area contributed by atoms with Gasteiger partial charge in [0.1, 0.15) is 88.0 Å². The van der Waals surface area contributed by atoms with Crippen molar-refractivity contribution in [2.45, 2.75) is 83.0 Å². The minimum absolute atomic E-state index is 0. The number of carbonyl (C=O) groups excluding carboxylic acids is 3. The molecule has 1 aliphatic carbocycles. The Bertz CT molecular complexity index is 4930. The average Bonchev–Trinajstić information content (AvgIpc) is 1.63. The number of nitrogens with zero attached hydrogens (tertiary/aromatic N) is 14. The number of fused-ring (bicyclic) bond motifs is 3. The van der Waals surface area contributed by atoms with Crippen molar-refractivity contribution in [1.82, 2.24) is 74.4 Å². The fourth-order valence-corrected chi connectivity index (χ4v) is 12.9. The number of ether oxygens (including phenoxy) is 3. The molecule has 24 heteroatoms. The molecule has 15 rings (SSSR count). The Kier molecular flexibility index (Phi) is 21.0. The molecule has 3 aliphatic rings. The number of para-hydroxylation sites is 3. The fraction of sp³-hybridized carbons (Fsp3) is 0.221. The number of hydrogen-bond acceptors (Lipinski definition) is 18. The predicted octanol–water partition coefficient (Wildman–Crippen LogP) is 13.2. The third-order valence-electron chi connectivity index (χ3n) is 17.9. The number of carbonyl (C=O) groups is 3. The third kappa shape index (κ3) is 15.3. The molecule has 24 nitrogen and oxygen atoms in total. The molecule has 2 saturated heterocycles. The highest BCUT2D eigenvalue weighted by Gasteiger charge is 2.31. The van der Waals surface area contributed by atoms with Crippen LogP contribution in [0.3, 0.4) is 0 Å². The standard InChI is InChI=1S/C26H26N6O2.C25H22N6O2.C25H24N6O2.CH4/c1-2-22(33)30-18-10-12-19(13-11-18)32-26-23(25(27)28-16-29-26)24(31-32)17-8-14-21(15-9-17)34-20-6-4-3-5-7-20;1-2-21(32)30-14-6-7-18(15-30)31-25-22(24(26)27-16-28-25)23(29-31)17-10-12-20(13-11-17)33-19-8-4-3-5-9-19;1-2-21(32)30-14-12-18(13-15-30)31-25-22(24(26)27-16-28-25)23(29-31)17-8-10-20(11-9-17)33-19-6-4-3-5-7-19;/h2-9,14-16,18-19H,1,10-13H2,(H,30,33)(H2,27,28,29);1,3-5,8-13,16,18H,6-7,14-15H2,(H2,26,27,28);2-11,16,18H,1,12-15H2,(H2,26,27,28);1H4. The van der Waals surface area contributed by atoms with Crippen LogP contribution in [0, 0.1) is 12.3 Å². The summed E-state index contributed by atoms with van der Waals surface area (Å²) >= 11 is 0. The first kappa shape index (κ1) is 68.2. The van der Waals surface area contributed by atoms with Gasteiger partial charge in [0.15, 0.2) is 16.9 Å². The Morgan fingerprint density at radius 1 is 0.455 bits per heavy atom. The van der Waals surface area contributed by atoms with E-state index in [9.17, 15) is 14.4 Å². The predicted molar refractivity (Wildman–Crippen MR) is 390 cm³/mol. The van der Waals surface area contributed by atoms with E-state index in [0.29, 0.717) is 71.8 Å². The summed E-state index contributed by atoms with van der Waals surface area (Å²) in [4.78, 5) is 65.2. The second-order valence-corrected chi connectivity index (χ2v) is 24.2. The Morgan fingerprint density at radius 2 is 0.822 bits per heavy atom. The van der Waals surface area contributed by atoms with Crippen LogP contribution in [0.2, 0.25) is 0 Å². The molecule has 3 fully saturated rings.